The van der Waals surface area contributed by atoms with Crippen LogP contribution in [0.1, 0.15) is 69.7 Å². The summed E-state index contributed by atoms with van der Waals surface area (Å²) < 4.78 is 21.8. The Morgan fingerprint density at radius 3 is 2.71 bits per heavy atom. The smallest absolute Gasteiger partial charge is 0.192 e. The van der Waals surface area contributed by atoms with Gasteiger partial charge < -0.3 is 19.9 Å². The summed E-state index contributed by atoms with van der Waals surface area (Å²) in [6, 6.07) is 6.18. The van der Waals surface area contributed by atoms with Crippen LogP contribution >= 0.6 is 0 Å². The molecule has 3 N–H and O–H groups in total. The normalized spacial score (nSPS) is 38.3. The molecule has 0 saturated heterocycles. The number of aliphatic hydroxyl groups excluding tert-OH is 1. The maximum atomic E-state index is 16.1. The lowest BCUT2D eigenvalue weighted by atomic mass is 9.58. The SMILES string of the molecule is CNC.Cc1nc2ccc(C3=CCC4C3(C)CC=C3CC5(F)CC(O)CCC5CC[C@@]34O)cc2o1. The fourth-order valence-electron chi connectivity index (χ4n) is 7.48. The molecule has 1 aromatic heterocycles. The van der Waals surface area contributed by atoms with E-state index in [1.165, 1.54) is 5.57 Å². The van der Waals surface area contributed by atoms with Gasteiger partial charge in [0.2, 0.25) is 0 Å². The number of aliphatic hydroxyl groups is 2. The third kappa shape index (κ3) is 3.98. The zero-order valence-electron chi connectivity index (χ0n) is 21.4. The highest BCUT2D eigenvalue weighted by atomic mass is 19.1. The van der Waals surface area contributed by atoms with E-state index in [1.807, 2.05) is 27.1 Å². The molecule has 35 heavy (non-hydrogen) atoms. The summed E-state index contributed by atoms with van der Waals surface area (Å²) in [6.45, 7) is 4.11. The maximum Gasteiger partial charge on any atom is 0.192 e. The second-order valence-electron chi connectivity index (χ2n) is 11.5. The summed E-state index contributed by atoms with van der Waals surface area (Å²) in [5, 5.41) is 25.0. The van der Waals surface area contributed by atoms with Crippen LogP contribution in [0.2, 0.25) is 0 Å². The third-order valence-corrected chi connectivity index (χ3v) is 9.17. The summed E-state index contributed by atoms with van der Waals surface area (Å²) in [5.41, 5.74) is 2.29. The fraction of sp³-hybridized carbons (Fsp3) is 0.621. The average molecular weight is 483 g/mol. The van der Waals surface area contributed by atoms with Crippen LogP contribution in [-0.4, -0.2) is 46.7 Å². The Kier molecular flexibility index (Phi) is 6.22. The van der Waals surface area contributed by atoms with Gasteiger partial charge in [-0.1, -0.05) is 25.1 Å². The van der Waals surface area contributed by atoms with Crippen molar-refractivity contribution in [1.29, 1.82) is 0 Å². The van der Waals surface area contributed by atoms with E-state index in [9.17, 15) is 10.2 Å². The van der Waals surface area contributed by atoms with Crippen LogP contribution in [-0.2, 0) is 0 Å². The van der Waals surface area contributed by atoms with Crippen molar-refractivity contribution < 1.29 is 19.0 Å². The first-order valence-electron chi connectivity index (χ1n) is 13.1. The topological polar surface area (TPSA) is 78.5 Å². The zero-order valence-corrected chi connectivity index (χ0v) is 21.4. The summed E-state index contributed by atoms with van der Waals surface area (Å²) in [4.78, 5) is 4.41. The minimum absolute atomic E-state index is 0.0332. The lowest BCUT2D eigenvalue weighted by Crippen LogP contribution is -2.49. The summed E-state index contributed by atoms with van der Waals surface area (Å²) >= 11 is 0. The van der Waals surface area contributed by atoms with Crippen LogP contribution in [0.15, 0.2) is 40.3 Å². The van der Waals surface area contributed by atoms with Crippen LogP contribution in [0, 0.1) is 24.2 Å². The molecular weight excluding hydrogens is 443 g/mol. The van der Waals surface area contributed by atoms with Crippen molar-refractivity contribution in [3.05, 3.63) is 47.4 Å². The highest BCUT2D eigenvalue weighted by molar-refractivity contribution is 5.82. The van der Waals surface area contributed by atoms with Gasteiger partial charge in [0.15, 0.2) is 11.5 Å². The summed E-state index contributed by atoms with van der Waals surface area (Å²) in [5.74, 6) is 0.621. The summed E-state index contributed by atoms with van der Waals surface area (Å²) in [6.07, 6.45) is 8.55. The van der Waals surface area contributed by atoms with Gasteiger partial charge in [-0.3, -0.25) is 0 Å². The van der Waals surface area contributed by atoms with Gasteiger partial charge in [0, 0.05) is 31.1 Å². The Balaban J connectivity index is 0.000000806. The molecule has 5 unspecified atom stereocenters. The number of oxazole rings is 1. The van der Waals surface area contributed by atoms with E-state index in [-0.39, 0.29) is 30.1 Å². The second kappa shape index (κ2) is 8.82. The Hall–Kier alpha value is -2.02. The average Bonchev–Trinajstić information content (AvgIpc) is 3.31. The highest BCUT2D eigenvalue weighted by Crippen LogP contribution is 2.63. The van der Waals surface area contributed by atoms with Crippen molar-refractivity contribution in [3.8, 4) is 0 Å². The second-order valence-corrected chi connectivity index (χ2v) is 11.5. The molecule has 0 spiro atoms. The van der Waals surface area contributed by atoms with Gasteiger partial charge in [-0.05, 0) is 87.4 Å². The van der Waals surface area contributed by atoms with Gasteiger partial charge in [-0.15, -0.1) is 0 Å². The Bertz CT molecular complexity index is 1170. The molecule has 6 rings (SSSR count). The molecule has 5 nitrogen and oxygen atoms in total. The van der Waals surface area contributed by atoms with Gasteiger partial charge >= 0.3 is 0 Å². The number of halogens is 1. The molecule has 2 fully saturated rings. The molecule has 1 aromatic carbocycles. The van der Waals surface area contributed by atoms with Crippen molar-refractivity contribution in [2.24, 2.45) is 17.3 Å². The van der Waals surface area contributed by atoms with E-state index in [4.69, 9.17) is 4.42 Å². The van der Waals surface area contributed by atoms with Crippen molar-refractivity contribution >= 4 is 16.7 Å². The van der Waals surface area contributed by atoms with E-state index in [0.29, 0.717) is 31.6 Å². The van der Waals surface area contributed by atoms with Gasteiger partial charge in [-0.2, -0.15) is 0 Å². The molecule has 0 radical (unpaired) electrons. The molecule has 1 heterocycles. The number of hydrogen-bond donors (Lipinski definition) is 3. The van der Waals surface area contributed by atoms with E-state index in [1.54, 1.807) is 0 Å². The standard InChI is InChI=1S/C27H32FNO3.C2H7N/c1-16-29-22-7-3-17(13-23(22)32-16)21-6-8-24-25(21,2)11-9-19-14-26(28)15-20(30)5-4-18(26)10-12-27(19,24)31;1-3-2/h3,6-7,9,13,18,20,24,30-31H,4-5,8,10-12,14-15H2,1-2H3;3H,1-2H3/t18?,20?,24?,25?,26?,27-;/m1./s1. The van der Waals surface area contributed by atoms with Crippen molar-refractivity contribution in [2.45, 2.75) is 82.6 Å². The number of nitrogens with zero attached hydrogens (tertiary/aromatic N) is 1. The minimum Gasteiger partial charge on any atom is -0.441 e. The first kappa shape index (κ1) is 24.7. The lowest BCUT2D eigenvalue weighted by molar-refractivity contribution is -0.0359. The third-order valence-electron chi connectivity index (χ3n) is 9.17. The van der Waals surface area contributed by atoms with Crippen LogP contribution in [0.4, 0.5) is 4.39 Å². The Morgan fingerprint density at radius 2 is 1.94 bits per heavy atom. The molecular formula is C29H39FN2O3. The quantitative estimate of drug-likeness (QED) is 0.468. The molecule has 2 aromatic rings. The van der Waals surface area contributed by atoms with Gasteiger partial charge in [0.25, 0.3) is 0 Å². The van der Waals surface area contributed by atoms with Gasteiger partial charge in [-0.25, -0.2) is 9.37 Å². The number of nitrogens with one attached hydrogen (secondary N) is 1. The molecule has 0 bridgehead atoms. The van der Waals surface area contributed by atoms with Crippen LogP contribution < -0.4 is 5.32 Å². The van der Waals surface area contributed by atoms with E-state index < -0.39 is 17.4 Å². The van der Waals surface area contributed by atoms with Crippen LogP contribution in [0.5, 0.6) is 0 Å². The van der Waals surface area contributed by atoms with E-state index in [0.717, 1.165) is 35.1 Å². The molecule has 190 valence electrons. The number of allylic oxidation sites excluding steroid dienone is 3. The van der Waals surface area contributed by atoms with E-state index in [2.05, 4.69) is 41.5 Å². The lowest BCUT2D eigenvalue weighted by Gasteiger charge is -2.49. The minimum atomic E-state index is -1.40. The number of fused-ring (bicyclic) bond motifs is 5. The number of aryl methyl sites for hydroxylation is 1. The Labute approximate surface area is 207 Å². The molecule has 0 aliphatic heterocycles. The number of hydrogen-bond acceptors (Lipinski definition) is 5. The monoisotopic (exact) mass is 482 g/mol. The molecule has 6 heteroatoms. The molecule has 4 aliphatic rings. The number of aromatic nitrogens is 1. The zero-order chi connectivity index (χ0) is 25.0. The Morgan fingerprint density at radius 1 is 1.17 bits per heavy atom. The van der Waals surface area contributed by atoms with E-state index >= 15 is 4.39 Å². The first-order chi connectivity index (χ1) is 16.6. The molecule has 4 aliphatic carbocycles. The van der Waals surface area contributed by atoms with Crippen LogP contribution in [0.3, 0.4) is 0 Å². The molecule has 6 atom stereocenters. The number of alkyl halides is 1. The predicted molar refractivity (Wildman–Crippen MR) is 137 cm³/mol. The van der Waals surface area contributed by atoms with Crippen molar-refractivity contribution in [2.75, 3.05) is 14.1 Å². The predicted octanol–water partition coefficient (Wildman–Crippen LogP) is 5.50. The molecule has 2 saturated carbocycles. The maximum absolute atomic E-state index is 16.1. The van der Waals surface area contributed by atoms with Crippen molar-refractivity contribution in [3.63, 3.8) is 0 Å². The fourth-order valence-corrected chi connectivity index (χ4v) is 7.48. The number of rotatable bonds is 1. The van der Waals surface area contributed by atoms with Gasteiger partial charge in [0.05, 0.1) is 11.7 Å². The van der Waals surface area contributed by atoms with Crippen LogP contribution in [0.25, 0.3) is 16.7 Å². The first-order valence-corrected chi connectivity index (χ1v) is 13.1. The molecule has 0 amide bonds. The summed E-state index contributed by atoms with van der Waals surface area (Å²) in [7, 11) is 3.75. The van der Waals surface area contributed by atoms with Gasteiger partial charge in [0.1, 0.15) is 11.2 Å². The highest BCUT2D eigenvalue weighted by Gasteiger charge is 2.59. The van der Waals surface area contributed by atoms with Crippen molar-refractivity contribution in [1.82, 2.24) is 10.3 Å². The number of benzene rings is 1. The largest absolute Gasteiger partial charge is 0.441 e.